The number of likely N-dealkylation sites (N-methyl/N-ethyl adjacent to an activating group) is 1. The molecule has 0 aromatic heterocycles. The maximum atomic E-state index is 12.6. The van der Waals surface area contributed by atoms with E-state index in [9.17, 15) is 4.79 Å². The molecule has 0 N–H and O–H groups in total. The van der Waals surface area contributed by atoms with E-state index < -0.39 is 0 Å². The Hall–Kier alpha value is -0.920. The van der Waals surface area contributed by atoms with E-state index in [4.69, 9.17) is 0 Å². The number of piperidine rings is 1. The minimum absolute atomic E-state index is 0.135. The first kappa shape index (κ1) is 14.5. The number of hydrogen-bond acceptors (Lipinski definition) is 2. The molecule has 2 rings (SSSR count). The van der Waals surface area contributed by atoms with Crippen LogP contribution in [0.5, 0.6) is 0 Å². The van der Waals surface area contributed by atoms with Crippen molar-refractivity contribution in [3.63, 3.8) is 0 Å². The normalized spacial score (nSPS) is 18.1. The average molecular weight is 278 g/mol. The number of rotatable bonds is 3. The summed E-state index contributed by atoms with van der Waals surface area (Å²) in [5, 5.41) is 1.12. The molecule has 1 aromatic carbocycles. The zero-order chi connectivity index (χ0) is 13.8. The molecule has 1 saturated heterocycles. The Morgan fingerprint density at radius 1 is 1.21 bits per heavy atom. The highest BCUT2D eigenvalue weighted by Crippen LogP contribution is 2.26. The Labute approximate surface area is 118 Å². The Bertz CT molecular complexity index is 442. The predicted octanol–water partition coefficient (Wildman–Crippen LogP) is 1.80. The van der Waals surface area contributed by atoms with Gasteiger partial charge in [-0.2, -0.15) is 0 Å². The van der Waals surface area contributed by atoms with E-state index in [0.29, 0.717) is 0 Å². The average Bonchev–Trinajstić information content (AvgIpc) is 2.42. The molecule has 1 aliphatic rings. The van der Waals surface area contributed by atoms with E-state index in [0.717, 1.165) is 24.0 Å². The van der Waals surface area contributed by atoms with Crippen LogP contribution in [0.25, 0.3) is 0 Å². The molecule has 1 heterocycles. The Balaban J connectivity index is 2.33. The molecule has 3 nitrogen and oxygen atoms in total. The molecule has 0 radical (unpaired) electrons. The quantitative estimate of drug-likeness (QED) is 0.787. The summed E-state index contributed by atoms with van der Waals surface area (Å²) in [6.07, 6.45) is 3.66. The minimum atomic E-state index is -0.135. The zero-order valence-electron chi connectivity index (χ0n) is 11.8. The van der Waals surface area contributed by atoms with E-state index in [1.807, 2.05) is 26.2 Å². The van der Waals surface area contributed by atoms with Crippen LogP contribution in [0.2, 0.25) is 0 Å². The molecule has 4 heteroatoms. The van der Waals surface area contributed by atoms with Crippen LogP contribution in [-0.2, 0) is 4.79 Å². The van der Waals surface area contributed by atoms with Gasteiger partial charge in [-0.3, -0.25) is 9.69 Å². The zero-order valence-corrected chi connectivity index (χ0v) is 13.0. The van der Waals surface area contributed by atoms with Crippen molar-refractivity contribution in [2.24, 2.45) is 0 Å². The summed E-state index contributed by atoms with van der Waals surface area (Å²) in [4.78, 5) is 16.6. The third-order valence-corrected chi connectivity index (χ3v) is 4.25. The molecule has 1 aromatic rings. The highest BCUT2D eigenvalue weighted by molar-refractivity contribution is 7.27. The maximum absolute atomic E-state index is 12.6. The predicted molar refractivity (Wildman–Crippen MR) is 82.6 cm³/mol. The van der Waals surface area contributed by atoms with Crippen LogP contribution in [0.4, 0.5) is 0 Å². The molecule has 19 heavy (non-hydrogen) atoms. The Morgan fingerprint density at radius 3 is 2.42 bits per heavy atom. The van der Waals surface area contributed by atoms with Gasteiger partial charge in [0.2, 0.25) is 5.91 Å². The maximum Gasteiger partial charge on any atom is 0.244 e. The van der Waals surface area contributed by atoms with Crippen LogP contribution >= 0.6 is 9.24 Å². The largest absolute Gasteiger partial charge is 0.347 e. The van der Waals surface area contributed by atoms with Gasteiger partial charge in [-0.25, -0.2) is 0 Å². The first-order chi connectivity index (χ1) is 9.11. The third-order valence-electron chi connectivity index (χ3n) is 3.72. The molecule has 0 bridgehead atoms. The third kappa shape index (κ3) is 3.34. The smallest absolute Gasteiger partial charge is 0.244 e. The minimum Gasteiger partial charge on any atom is -0.347 e. The fourth-order valence-corrected chi connectivity index (χ4v) is 3.03. The molecule has 2 atom stereocenters. The summed E-state index contributed by atoms with van der Waals surface area (Å²) < 4.78 is 0. The van der Waals surface area contributed by atoms with E-state index in [2.05, 4.69) is 26.3 Å². The van der Waals surface area contributed by atoms with E-state index in [1.54, 1.807) is 4.90 Å². The summed E-state index contributed by atoms with van der Waals surface area (Å²) in [6, 6.07) is 8.02. The van der Waals surface area contributed by atoms with Gasteiger partial charge in [0.1, 0.15) is 6.04 Å². The van der Waals surface area contributed by atoms with Crippen molar-refractivity contribution in [2.45, 2.75) is 25.3 Å². The van der Waals surface area contributed by atoms with Crippen molar-refractivity contribution >= 4 is 20.5 Å². The SMILES string of the molecule is CN(C)C(=O)C(c1ccccc1P)N1CCCCC1. The van der Waals surface area contributed by atoms with Crippen LogP contribution in [0.3, 0.4) is 0 Å². The number of likely N-dealkylation sites (tertiary alicyclic amines) is 1. The molecular weight excluding hydrogens is 255 g/mol. The van der Waals surface area contributed by atoms with Crippen molar-refractivity contribution in [2.75, 3.05) is 27.2 Å². The van der Waals surface area contributed by atoms with Crippen LogP contribution in [-0.4, -0.2) is 42.9 Å². The second-order valence-electron chi connectivity index (χ2n) is 5.36. The fraction of sp³-hybridized carbons (Fsp3) is 0.533. The topological polar surface area (TPSA) is 23.6 Å². The second-order valence-corrected chi connectivity index (χ2v) is 5.98. The number of amides is 1. The summed E-state index contributed by atoms with van der Waals surface area (Å²) in [7, 11) is 6.43. The van der Waals surface area contributed by atoms with Crippen molar-refractivity contribution in [3.8, 4) is 0 Å². The Kier molecular flexibility index (Phi) is 4.95. The highest BCUT2D eigenvalue weighted by Gasteiger charge is 2.30. The molecule has 1 aliphatic heterocycles. The first-order valence-corrected chi connectivity index (χ1v) is 7.48. The van der Waals surface area contributed by atoms with Gasteiger partial charge in [0.15, 0.2) is 0 Å². The molecule has 1 amide bonds. The molecule has 2 unspecified atom stereocenters. The van der Waals surface area contributed by atoms with Crippen molar-refractivity contribution in [1.29, 1.82) is 0 Å². The first-order valence-electron chi connectivity index (χ1n) is 6.91. The lowest BCUT2D eigenvalue weighted by Gasteiger charge is -2.35. The van der Waals surface area contributed by atoms with E-state index >= 15 is 0 Å². The Morgan fingerprint density at radius 2 is 1.84 bits per heavy atom. The van der Waals surface area contributed by atoms with E-state index in [1.165, 1.54) is 19.3 Å². The second kappa shape index (κ2) is 6.49. The summed E-state index contributed by atoms with van der Waals surface area (Å²) in [6.45, 7) is 2.03. The van der Waals surface area contributed by atoms with Gasteiger partial charge in [-0.1, -0.05) is 30.7 Å². The molecule has 1 fully saturated rings. The number of carbonyl (C=O) groups is 1. The van der Waals surface area contributed by atoms with Crippen molar-refractivity contribution in [3.05, 3.63) is 29.8 Å². The lowest BCUT2D eigenvalue weighted by Crippen LogP contribution is -2.43. The van der Waals surface area contributed by atoms with Crippen molar-refractivity contribution < 1.29 is 4.79 Å². The lowest BCUT2D eigenvalue weighted by atomic mass is 10.0. The van der Waals surface area contributed by atoms with Gasteiger partial charge in [0, 0.05) is 14.1 Å². The number of carbonyl (C=O) groups excluding carboxylic acids is 1. The molecule has 0 spiro atoms. The molecule has 0 aliphatic carbocycles. The van der Waals surface area contributed by atoms with E-state index in [-0.39, 0.29) is 11.9 Å². The highest BCUT2D eigenvalue weighted by atomic mass is 31.0. The van der Waals surface area contributed by atoms with Gasteiger partial charge in [0.25, 0.3) is 0 Å². The monoisotopic (exact) mass is 278 g/mol. The molecule has 104 valence electrons. The van der Waals surface area contributed by atoms with Gasteiger partial charge in [-0.05, 0) is 36.8 Å². The number of nitrogens with zero attached hydrogens (tertiary/aromatic N) is 2. The summed E-state index contributed by atoms with van der Waals surface area (Å²) in [5.41, 5.74) is 1.12. The van der Waals surface area contributed by atoms with Crippen LogP contribution in [0, 0.1) is 0 Å². The number of benzene rings is 1. The van der Waals surface area contributed by atoms with Gasteiger partial charge in [0.05, 0.1) is 0 Å². The summed E-state index contributed by atoms with van der Waals surface area (Å²) in [5.74, 6) is 0.178. The standard InChI is InChI=1S/C15H23N2OP/c1-16(2)15(18)14(17-10-6-3-7-11-17)12-8-4-5-9-13(12)19/h4-5,8-9,14H,3,6-7,10-11,19H2,1-2H3. The van der Waals surface area contributed by atoms with Crippen LogP contribution in [0.1, 0.15) is 30.9 Å². The van der Waals surface area contributed by atoms with Crippen LogP contribution < -0.4 is 5.30 Å². The molecule has 0 saturated carbocycles. The molecular formula is C15H23N2OP. The fourth-order valence-electron chi connectivity index (χ4n) is 2.67. The lowest BCUT2D eigenvalue weighted by molar-refractivity contribution is -0.135. The van der Waals surface area contributed by atoms with Gasteiger partial charge < -0.3 is 4.90 Å². The van der Waals surface area contributed by atoms with Crippen LogP contribution in [0.15, 0.2) is 24.3 Å². The van der Waals surface area contributed by atoms with Gasteiger partial charge in [-0.15, -0.1) is 9.24 Å². The van der Waals surface area contributed by atoms with Crippen molar-refractivity contribution in [1.82, 2.24) is 9.80 Å². The van der Waals surface area contributed by atoms with Gasteiger partial charge >= 0.3 is 0 Å². The number of hydrogen-bond donors (Lipinski definition) is 0. The summed E-state index contributed by atoms with van der Waals surface area (Å²) >= 11 is 0.